The summed E-state index contributed by atoms with van der Waals surface area (Å²) in [5.74, 6) is -0.151. The van der Waals surface area contributed by atoms with Gasteiger partial charge in [0.1, 0.15) is 0 Å². The van der Waals surface area contributed by atoms with Gasteiger partial charge in [0, 0.05) is 11.8 Å². The van der Waals surface area contributed by atoms with E-state index in [9.17, 15) is 13.2 Å². The topological polar surface area (TPSA) is 81.4 Å². The lowest BCUT2D eigenvalue weighted by Crippen LogP contribution is -2.17. The summed E-state index contributed by atoms with van der Waals surface area (Å²) in [4.78, 5) is 16.2. The average molecular weight is 321 g/mol. The van der Waals surface area contributed by atoms with E-state index in [1.165, 1.54) is 6.20 Å². The van der Waals surface area contributed by atoms with Gasteiger partial charge in [-0.2, -0.15) is 4.52 Å². The number of hydrogen-bond donors (Lipinski definition) is 0. The van der Waals surface area contributed by atoms with Crippen molar-refractivity contribution in [3.63, 3.8) is 0 Å². The minimum atomic E-state index is -3.60. The van der Waals surface area contributed by atoms with Crippen LogP contribution in [0.4, 0.5) is 0 Å². The van der Waals surface area contributed by atoms with E-state index in [0.29, 0.717) is 11.1 Å². The summed E-state index contributed by atoms with van der Waals surface area (Å²) in [5.41, 5.74) is 0.746. The maximum atomic E-state index is 12.4. The summed E-state index contributed by atoms with van der Waals surface area (Å²) in [6.07, 6.45) is 1.42. The fourth-order valence-electron chi connectivity index (χ4n) is 1.83. The van der Waals surface area contributed by atoms with Crippen molar-refractivity contribution in [3.8, 4) is 0 Å². The Balaban J connectivity index is 2.07. The van der Waals surface area contributed by atoms with Crippen molar-refractivity contribution in [1.82, 2.24) is 14.6 Å². The third-order valence-corrected chi connectivity index (χ3v) is 5.96. The molecule has 1 aromatic carbocycles. The molecule has 0 atom stereocenters. The third-order valence-electron chi connectivity index (χ3n) is 2.91. The fourth-order valence-corrected chi connectivity index (χ4v) is 4.30. The molecule has 0 bridgehead atoms. The zero-order valence-electron chi connectivity index (χ0n) is 11.1. The third kappa shape index (κ3) is 2.59. The van der Waals surface area contributed by atoms with Gasteiger partial charge in [-0.25, -0.2) is 13.4 Å². The monoisotopic (exact) mass is 321 g/mol. The van der Waals surface area contributed by atoms with E-state index in [-0.39, 0.29) is 20.6 Å². The van der Waals surface area contributed by atoms with Gasteiger partial charge < -0.3 is 0 Å². The highest BCUT2D eigenvalue weighted by Crippen LogP contribution is 2.21. The molecule has 0 aliphatic carbocycles. The van der Waals surface area contributed by atoms with Crippen molar-refractivity contribution in [2.75, 3.05) is 0 Å². The molecule has 3 aromatic rings. The second-order valence-electron chi connectivity index (χ2n) is 4.55. The largest absolute Gasteiger partial charge is 0.278 e. The van der Waals surface area contributed by atoms with Crippen molar-refractivity contribution in [2.24, 2.45) is 0 Å². The SMILES string of the molecule is Cc1cnc2sc(S(=O)(=O)Cc3ccccc3)nn2c1=O. The number of aryl methyl sites for hydroxylation is 1. The molecule has 0 aliphatic rings. The predicted octanol–water partition coefficient (Wildman–Crippen LogP) is 1.43. The highest BCUT2D eigenvalue weighted by atomic mass is 32.2. The molecule has 108 valence electrons. The second kappa shape index (κ2) is 5.05. The van der Waals surface area contributed by atoms with Gasteiger partial charge in [-0.1, -0.05) is 41.7 Å². The maximum Gasteiger partial charge on any atom is 0.278 e. The van der Waals surface area contributed by atoms with Gasteiger partial charge >= 0.3 is 0 Å². The van der Waals surface area contributed by atoms with Gasteiger partial charge in [0.05, 0.1) is 5.75 Å². The maximum absolute atomic E-state index is 12.4. The Hall–Kier alpha value is -2.06. The van der Waals surface area contributed by atoms with Crippen LogP contribution in [-0.2, 0) is 15.6 Å². The number of aromatic nitrogens is 3. The van der Waals surface area contributed by atoms with Gasteiger partial charge in [-0.15, -0.1) is 5.10 Å². The summed E-state index contributed by atoms with van der Waals surface area (Å²) in [7, 11) is -3.60. The lowest BCUT2D eigenvalue weighted by molar-refractivity contribution is 0.592. The molecule has 8 heteroatoms. The molecular formula is C13H11N3O3S2. The van der Waals surface area contributed by atoms with Crippen LogP contribution in [0, 0.1) is 6.92 Å². The molecule has 0 spiro atoms. The molecule has 0 fully saturated rings. The molecule has 0 unspecified atom stereocenters. The average Bonchev–Trinajstić information content (AvgIpc) is 2.89. The number of rotatable bonds is 3. The Labute approximate surface area is 124 Å². The summed E-state index contributed by atoms with van der Waals surface area (Å²) in [6, 6.07) is 8.84. The van der Waals surface area contributed by atoms with E-state index >= 15 is 0 Å². The molecule has 2 aromatic heterocycles. The molecular weight excluding hydrogens is 310 g/mol. The molecule has 0 amide bonds. The van der Waals surface area contributed by atoms with Gasteiger partial charge in [-0.3, -0.25) is 4.79 Å². The summed E-state index contributed by atoms with van der Waals surface area (Å²) < 4.78 is 25.7. The van der Waals surface area contributed by atoms with Crippen molar-refractivity contribution >= 4 is 26.1 Å². The second-order valence-corrected chi connectivity index (χ2v) is 7.67. The molecule has 0 N–H and O–H groups in total. The summed E-state index contributed by atoms with van der Waals surface area (Å²) in [6.45, 7) is 1.61. The Morgan fingerprint density at radius 1 is 1.24 bits per heavy atom. The smallest absolute Gasteiger partial charge is 0.267 e. The van der Waals surface area contributed by atoms with E-state index in [0.717, 1.165) is 15.9 Å². The van der Waals surface area contributed by atoms with E-state index in [1.54, 1.807) is 31.2 Å². The first-order chi connectivity index (χ1) is 9.97. The molecule has 0 saturated heterocycles. The highest BCUT2D eigenvalue weighted by molar-refractivity contribution is 7.92. The van der Waals surface area contributed by atoms with Crippen LogP contribution in [0.3, 0.4) is 0 Å². The van der Waals surface area contributed by atoms with Gasteiger partial charge in [0.25, 0.3) is 5.56 Å². The Kier molecular flexibility index (Phi) is 3.34. The van der Waals surface area contributed by atoms with E-state index in [1.807, 2.05) is 6.07 Å². The lowest BCUT2D eigenvalue weighted by atomic mass is 10.2. The minimum absolute atomic E-state index is 0.0958. The lowest BCUT2D eigenvalue weighted by Gasteiger charge is -1.99. The van der Waals surface area contributed by atoms with Crippen LogP contribution in [0.2, 0.25) is 0 Å². The molecule has 2 heterocycles. The minimum Gasteiger partial charge on any atom is -0.267 e. The van der Waals surface area contributed by atoms with Gasteiger partial charge in [0.15, 0.2) is 0 Å². The molecule has 0 saturated carbocycles. The standard InChI is InChI=1S/C13H11N3O3S2/c1-9-7-14-12-16(11(9)17)15-13(20-12)21(18,19)8-10-5-3-2-4-6-10/h2-7H,8H2,1H3. The first-order valence-corrected chi connectivity index (χ1v) is 8.56. The number of hydrogen-bond acceptors (Lipinski definition) is 6. The van der Waals surface area contributed by atoms with Crippen LogP contribution in [-0.4, -0.2) is 23.0 Å². The molecule has 0 aliphatic heterocycles. The van der Waals surface area contributed by atoms with Crippen molar-refractivity contribution in [1.29, 1.82) is 0 Å². The highest BCUT2D eigenvalue weighted by Gasteiger charge is 2.22. The quantitative estimate of drug-likeness (QED) is 0.729. The van der Waals surface area contributed by atoms with Gasteiger partial charge in [-0.05, 0) is 12.5 Å². The van der Waals surface area contributed by atoms with Crippen LogP contribution in [0.15, 0.2) is 45.7 Å². The number of nitrogens with zero attached hydrogens (tertiary/aromatic N) is 3. The van der Waals surface area contributed by atoms with E-state index < -0.39 is 9.84 Å². The zero-order chi connectivity index (χ0) is 15.0. The van der Waals surface area contributed by atoms with Crippen LogP contribution >= 0.6 is 11.3 Å². The first-order valence-electron chi connectivity index (χ1n) is 6.09. The van der Waals surface area contributed by atoms with Crippen LogP contribution in [0.1, 0.15) is 11.1 Å². The van der Waals surface area contributed by atoms with E-state index in [2.05, 4.69) is 10.1 Å². The van der Waals surface area contributed by atoms with Gasteiger partial charge in [0.2, 0.25) is 19.1 Å². The molecule has 6 nitrogen and oxygen atoms in total. The van der Waals surface area contributed by atoms with Crippen molar-refractivity contribution in [3.05, 3.63) is 58.0 Å². The fraction of sp³-hybridized carbons (Fsp3) is 0.154. The van der Waals surface area contributed by atoms with Crippen LogP contribution in [0.5, 0.6) is 0 Å². The summed E-state index contributed by atoms with van der Waals surface area (Å²) >= 11 is 0.899. The zero-order valence-corrected chi connectivity index (χ0v) is 12.7. The van der Waals surface area contributed by atoms with Crippen molar-refractivity contribution < 1.29 is 8.42 Å². The number of fused-ring (bicyclic) bond motifs is 1. The number of sulfone groups is 1. The normalized spacial score (nSPS) is 11.9. The Morgan fingerprint density at radius 2 is 1.95 bits per heavy atom. The van der Waals surface area contributed by atoms with E-state index in [4.69, 9.17) is 0 Å². The van der Waals surface area contributed by atoms with Crippen molar-refractivity contribution in [2.45, 2.75) is 17.0 Å². The molecule has 3 rings (SSSR count). The summed E-state index contributed by atoms with van der Waals surface area (Å²) in [5, 5.41) is 3.91. The predicted molar refractivity (Wildman–Crippen MR) is 79.2 cm³/mol. The Morgan fingerprint density at radius 3 is 2.67 bits per heavy atom. The Bertz CT molecular complexity index is 959. The molecule has 21 heavy (non-hydrogen) atoms. The molecule has 0 radical (unpaired) electrons. The number of benzene rings is 1. The first kappa shape index (κ1) is 13.9. The van der Waals surface area contributed by atoms with Crippen LogP contribution in [0.25, 0.3) is 4.96 Å². The van der Waals surface area contributed by atoms with Crippen LogP contribution < -0.4 is 5.56 Å².